The van der Waals surface area contributed by atoms with Crippen molar-refractivity contribution in [3.63, 3.8) is 0 Å². The van der Waals surface area contributed by atoms with Gasteiger partial charge < -0.3 is 9.47 Å². The molecule has 1 heterocycles. The standard InChI is InChI=1S/C16H24N2O2/c1-12-6-5-7-13(2)18(12)17-11-14-8-9-15(19-3)16(10-14)20-4/h8-13H,5-7H2,1-4H3/b17-11-/t12-,13-/m0/s1. The zero-order chi connectivity index (χ0) is 14.5. The Bertz CT molecular complexity index is 464. The Kier molecular flexibility index (Phi) is 4.88. The van der Waals surface area contributed by atoms with Gasteiger partial charge in [-0.25, -0.2) is 0 Å². The van der Waals surface area contributed by atoms with Crippen LogP contribution in [-0.2, 0) is 0 Å². The van der Waals surface area contributed by atoms with Crippen molar-refractivity contribution in [3.8, 4) is 11.5 Å². The lowest BCUT2D eigenvalue weighted by atomic mass is 10.00. The monoisotopic (exact) mass is 276 g/mol. The lowest BCUT2D eigenvalue weighted by molar-refractivity contribution is 0.109. The molecule has 2 atom stereocenters. The van der Waals surface area contributed by atoms with Gasteiger partial charge in [0.15, 0.2) is 11.5 Å². The van der Waals surface area contributed by atoms with Gasteiger partial charge in [0.05, 0.1) is 20.4 Å². The van der Waals surface area contributed by atoms with Gasteiger partial charge in [-0.15, -0.1) is 0 Å². The number of methoxy groups -OCH3 is 2. The number of rotatable bonds is 4. The normalized spacial score (nSPS) is 23.1. The summed E-state index contributed by atoms with van der Waals surface area (Å²) < 4.78 is 10.6. The first kappa shape index (κ1) is 14.7. The van der Waals surface area contributed by atoms with Crippen molar-refractivity contribution in [1.82, 2.24) is 5.01 Å². The highest BCUT2D eigenvalue weighted by Gasteiger charge is 2.22. The molecule has 0 bridgehead atoms. The topological polar surface area (TPSA) is 34.1 Å². The molecule has 20 heavy (non-hydrogen) atoms. The van der Waals surface area contributed by atoms with Crippen LogP contribution in [0.1, 0.15) is 38.7 Å². The lowest BCUT2D eigenvalue weighted by Gasteiger charge is -2.36. The van der Waals surface area contributed by atoms with Crippen LogP contribution in [0.4, 0.5) is 0 Å². The molecule has 0 unspecified atom stereocenters. The first-order valence-corrected chi connectivity index (χ1v) is 7.20. The summed E-state index contributed by atoms with van der Waals surface area (Å²) in [6, 6.07) is 6.86. The third-order valence-electron chi connectivity index (χ3n) is 3.89. The van der Waals surface area contributed by atoms with E-state index < -0.39 is 0 Å². The molecule has 1 aromatic rings. The SMILES string of the molecule is COc1ccc(/C=N\N2[C@@H](C)CCC[C@@H]2C)cc1OC. The summed E-state index contributed by atoms with van der Waals surface area (Å²) in [4.78, 5) is 0. The average Bonchev–Trinajstić information content (AvgIpc) is 2.46. The second-order valence-corrected chi connectivity index (χ2v) is 5.37. The van der Waals surface area contributed by atoms with Gasteiger partial charge in [-0.05, 0) is 56.9 Å². The third kappa shape index (κ3) is 3.24. The van der Waals surface area contributed by atoms with Crippen LogP contribution in [-0.4, -0.2) is 37.5 Å². The van der Waals surface area contributed by atoms with Crippen molar-refractivity contribution in [1.29, 1.82) is 0 Å². The molecule has 4 nitrogen and oxygen atoms in total. The highest BCUT2D eigenvalue weighted by Crippen LogP contribution is 2.27. The van der Waals surface area contributed by atoms with Crippen LogP contribution in [0.15, 0.2) is 23.3 Å². The van der Waals surface area contributed by atoms with Gasteiger partial charge in [-0.1, -0.05) is 0 Å². The number of ether oxygens (including phenoxy) is 2. The van der Waals surface area contributed by atoms with Crippen molar-refractivity contribution in [3.05, 3.63) is 23.8 Å². The minimum Gasteiger partial charge on any atom is -0.493 e. The van der Waals surface area contributed by atoms with Crippen molar-refractivity contribution in [2.24, 2.45) is 5.10 Å². The summed E-state index contributed by atoms with van der Waals surface area (Å²) >= 11 is 0. The second kappa shape index (κ2) is 6.64. The average molecular weight is 276 g/mol. The minimum atomic E-state index is 0.509. The quantitative estimate of drug-likeness (QED) is 0.791. The summed E-state index contributed by atoms with van der Waals surface area (Å²) in [5.41, 5.74) is 1.02. The fourth-order valence-corrected chi connectivity index (χ4v) is 2.70. The molecule has 0 amide bonds. The van der Waals surface area contributed by atoms with Crippen molar-refractivity contribution in [2.75, 3.05) is 14.2 Å². The van der Waals surface area contributed by atoms with E-state index in [0.29, 0.717) is 12.1 Å². The van der Waals surface area contributed by atoms with Gasteiger partial charge in [0.1, 0.15) is 0 Å². The van der Waals surface area contributed by atoms with Gasteiger partial charge in [0.25, 0.3) is 0 Å². The number of hydrogen-bond acceptors (Lipinski definition) is 4. The van der Waals surface area contributed by atoms with E-state index in [1.54, 1.807) is 14.2 Å². The number of hydrogen-bond donors (Lipinski definition) is 0. The summed E-state index contributed by atoms with van der Waals surface area (Å²) in [5.74, 6) is 1.47. The van der Waals surface area contributed by atoms with Crippen LogP contribution in [0.25, 0.3) is 0 Å². The molecule has 2 rings (SSSR count). The molecule has 0 saturated carbocycles. The van der Waals surface area contributed by atoms with Crippen molar-refractivity contribution >= 4 is 6.21 Å². The Balaban J connectivity index is 2.14. The zero-order valence-electron chi connectivity index (χ0n) is 12.8. The fourth-order valence-electron chi connectivity index (χ4n) is 2.70. The van der Waals surface area contributed by atoms with E-state index in [-0.39, 0.29) is 0 Å². The van der Waals surface area contributed by atoms with Crippen molar-refractivity contribution in [2.45, 2.75) is 45.2 Å². The summed E-state index contributed by atoms with van der Waals surface area (Å²) in [6.07, 6.45) is 5.63. The smallest absolute Gasteiger partial charge is 0.161 e. The van der Waals surface area contributed by atoms with Gasteiger partial charge in [0, 0.05) is 12.1 Å². The number of hydrazone groups is 1. The second-order valence-electron chi connectivity index (χ2n) is 5.37. The van der Waals surface area contributed by atoms with E-state index in [0.717, 1.165) is 17.1 Å². The Hall–Kier alpha value is -1.71. The Morgan fingerprint density at radius 3 is 2.35 bits per heavy atom. The van der Waals surface area contributed by atoms with E-state index in [2.05, 4.69) is 24.0 Å². The third-order valence-corrected chi connectivity index (χ3v) is 3.89. The van der Waals surface area contributed by atoms with Gasteiger partial charge in [-0.3, -0.25) is 5.01 Å². The van der Waals surface area contributed by atoms with Crippen LogP contribution in [0, 0.1) is 0 Å². The van der Waals surface area contributed by atoms with Gasteiger partial charge in [0.2, 0.25) is 0 Å². The molecule has 4 heteroatoms. The maximum absolute atomic E-state index is 5.31. The summed E-state index contributed by atoms with van der Waals surface area (Å²) in [6.45, 7) is 4.48. The molecule has 110 valence electrons. The van der Waals surface area contributed by atoms with Crippen LogP contribution in [0.2, 0.25) is 0 Å². The van der Waals surface area contributed by atoms with Crippen LogP contribution in [0.3, 0.4) is 0 Å². The van der Waals surface area contributed by atoms with E-state index >= 15 is 0 Å². The molecular formula is C16H24N2O2. The van der Waals surface area contributed by atoms with Gasteiger partial charge in [-0.2, -0.15) is 5.10 Å². The number of piperidine rings is 1. The molecule has 0 N–H and O–H groups in total. The molecule has 0 spiro atoms. The minimum absolute atomic E-state index is 0.509. The molecule has 0 aliphatic carbocycles. The zero-order valence-corrected chi connectivity index (χ0v) is 12.8. The van der Waals surface area contributed by atoms with E-state index in [9.17, 15) is 0 Å². The predicted molar refractivity (Wildman–Crippen MR) is 81.8 cm³/mol. The lowest BCUT2D eigenvalue weighted by Crippen LogP contribution is -2.39. The molecule has 1 aliphatic heterocycles. The fraction of sp³-hybridized carbons (Fsp3) is 0.562. The van der Waals surface area contributed by atoms with Crippen molar-refractivity contribution < 1.29 is 9.47 Å². The molecular weight excluding hydrogens is 252 g/mol. The number of nitrogens with zero attached hydrogens (tertiary/aromatic N) is 2. The molecule has 1 aliphatic rings. The Morgan fingerprint density at radius 1 is 1.10 bits per heavy atom. The number of benzene rings is 1. The maximum atomic E-state index is 5.31. The predicted octanol–water partition coefficient (Wildman–Crippen LogP) is 3.30. The first-order chi connectivity index (χ1) is 9.65. The Morgan fingerprint density at radius 2 is 1.75 bits per heavy atom. The Labute approximate surface area is 121 Å². The molecule has 0 aromatic heterocycles. The summed E-state index contributed by atoms with van der Waals surface area (Å²) in [7, 11) is 3.29. The van der Waals surface area contributed by atoms with Crippen LogP contribution in [0.5, 0.6) is 11.5 Å². The largest absolute Gasteiger partial charge is 0.493 e. The molecule has 1 saturated heterocycles. The van der Waals surface area contributed by atoms with Gasteiger partial charge >= 0.3 is 0 Å². The van der Waals surface area contributed by atoms with Crippen LogP contribution >= 0.6 is 0 Å². The first-order valence-electron chi connectivity index (χ1n) is 7.20. The van der Waals surface area contributed by atoms with Crippen LogP contribution < -0.4 is 9.47 Å². The van der Waals surface area contributed by atoms with E-state index in [4.69, 9.17) is 9.47 Å². The summed E-state index contributed by atoms with van der Waals surface area (Å²) in [5, 5.41) is 6.87. The molecule has 1 aromatic carbocycles. The maximum Gasteiger partial charge on any atom is 0.161 e. The highest BCUT2D eigenvalue weighted by atomic mass is 16.5. The molecule has 0 radical (unpaired) electrons. The highest BCUT2D eigenvalue weighted by molar-refractivity contribution is 5.80. The van der Waals surface area contributed by atoms with E-state index in [1.165, 1.54) is 19.3 Å². The van der Waals surface area contributed by atoms with E-state index in [1.807, 2.05) is 24.4 Å². The molecule has 1 fully saturated rings.